The summed E-state index contributed by atoms with van der Waals surface area (Å²) in [7, 11) is 0. The van der Waals surface area contributed by atoms with Crippen LogP contribution in [0.25, 0.3) is 0 Å². The number of carboxylic acids is 1. The number of halogens is 3. The van der Waals surface area contributed by atoms with Gasteiger partial charge in [-0.05, 0) is 30.7 Å². The Morgan fingerprint density at radius 1 is 1.44 bits per heavy atom. The zero-order valence-electron chi connectivity index (χ0n) is 8.34. The van der Waals surface area contributed by atoms with Gasteiger partial charge in [-0.2, -0.15) is 13.2 Å². The van der Waals surface area contributed by atoms with E-state index < -0.39 is 24.3 Å². The summed E-state index contributed by atoms with van der Waals surface area (Å²) in [5.74, 6) is -1.08. The van der Waals surface area contributed by atoms with E-state index in [9.17, 15) is 18.0 Å². The Labute approximate surface area is 89.5 Å². The van der Waals surface area contributed by atoms with Crippen LogP contribution in [0.5, 0.6) is 5.75 Å². The molecule has 0 aliphatic carbocycles. The highest BCUT2D eigenvalue weighted by molar-refractivity contribution is 5.68. The van der Waals surface area contributed by atoms with E-state index in [1.807, 2.05) is 0 Å². The molecule has 0 amide bonds. The van der Waals surface area contributed by atoms with E-state index in [4.69, 9.17) is 9.84 Å². The summed E-state index contributed by atoms with van der Waals surface area (Å²) in [4.78, 5) is 10.2. The molecule has 0 atom stereocenters. The van der Waals surface area contributed by atoms with Crippen molar-refractivity contribution in [3.05, 3.63) is 29.3 Å². The van der Waals surface area contributed by atoms with Crippen LogP contribution in [0.1, 0.15) is 11.1 Å². The number of hydrogen-bond donors (Lipinski definition) is 1. The Hall–Kier alpha value is -1.72. The fourth-order valence-corrected chi connectivity index (χ4v) is 1.19. The second-order valence-electron chi connectivity index (χ2n) is 3.16. The fraction of sp³-hybridized carbons (Fsp3) is 0.300. The smallest absolute Gasteiger partial charge is 0.416 e. The number of hydrogen-bond acceptors (Lipinski definition) is 2. The SMILES string of the molecule is Cc1cc(OCC(=O)O)ccc1C(F)(F)F. The fourth-order valence-electron chi connectivity index (χ4n) is 1.19. The van der Waals surface area contributed by atoms with E-state index in [0.717, 1.165) is 18.2 Å². The number of rotatable bonds is 3. The molecule has 1 N–H and O–H groups in total. The molecule has 16 heavy (non-hydrogen) atoms. The summed E-state index contributed by atoms with van der Waals surface area (Å²) in [5, 5.41) is 8.32. The summed E-state index contributed by atoms with van der Waals surface area (Å²) in [6, 6.07) is 3.12. The van der Waals surface area contributed by atoms with Gasteiger partial charge in [-0.15, -0.1) is 0 Å². The van der Waals surface area contributed by atoms with Crippen molar-refractivity contribution in [3.63, 3.8) is 0 Å². The standard InChI is InChI=1S/C10H9F3O3/c1-6-4-7(16-5-9(14)15)2-3-8(6)10(11,12)13/h2-4H,5H2,1H3,(H,14,15). The maximum atomic E-state index is 12.4. The van der Waals surface area contributed by atoms with Gasteiger partial charge in [0, 0.05) is 0 Å². The van der Waals surface area contributed by atoms with Crippen LogP contribution in [0.15, 0.2) is 18.2 Å². The van der Waals surface area contributed by atoms with E-state index in [0.29, 0.717) is 0 Å². The highest BCUT2D eigenvalue weighted by Gasteiger charge is 2.32. The Morgan fingerprint density at radius 3 is 2.50 bits per heavy atom. The molecule has 0 aliphatic rings. The van der Waals surface area contributed by atoms with E-state index in [-0.39, 0.29) is 11.3 Å². The number of carbonyl (C=O) groups is 1. The van der Waals surface area contributed by atoms with E-state index in [1.54, 1.807) is 0 Å². The summed E-state index contributed by atoms with van der Waals surface area (Å²) in [5.41, 5.74) is -0.759. The molecule has 3 nitrogen and oxygen atoms in total. The largest absolute Gasteiger partial charge is 0.482 e. The summed E-state index contributed by atoms with van der Waals surface area (Å²) in [6.07, 6.45) is -4.41. The van der Waals surface area contributed by atoms with Crippen molar-refractivity contribution >= 4 is 5.97 Å². The lowest BCUT2D eigenvalue weighted by atomic mass is 10.1. The minimum atomic E-state index is -4.41. The Bertz CT molecular complexity index is 399. The number of ether oxygens (including phenoxy) is 1. The molecule has 0 aromatic heterocycles. The molecular weight excluding hydrogens is 225 g/mol. The Morgan fingerprint density at radius 2 is 2.06 bits per heavy atom. The summed E-state index contributed by atoms with van der Waals surface area (Å²) >= 11 is 0. The molecule has 0 aliphatic heterocycles. The Balaban J connectivity index is 2.87. The molecule has 0 unspecified atom stereocenters. The van der Waals surface area contributed by atoms with Gasteiger partial charge in [0.25, 0.3) is 0 Å². The first kappa shape index (κ1) is 12.4. The molecule has 0 heterocycles. The summed E-state index contributed by atoms with van der Waals surface area (Å²) < 4.78 is 41.8. The molecule has 0 bridgehead atoms. The summed E-state index contributed by atoms with van der Waals surface area (Å²) in [6.45, 7) is 0.710. The zero-order valence-corrected chi connectivity index (χ0v) is 8.34. The second-order valence-corrected chi connectivity index (χ2v) is 3.16. The van der Waals surface area contributed by atoms with Gasteiger partial charge >= 0.3 is 12.1 Å². The van der Waals surface area contributed by atoms with Gasteiger partial charge < -0.3 is 9.84 Å². The third-order valence-electron chi connectivity index (χ3n) is 1.87. The number of alkyl halides is 3. The quantitative estimate of drug-likeness (QED) is 0.873. The third-order valence-corrected chi connectivity index (χ3v) is 1.87. The Kier molecular flexibility index (Phi) is 3.41. The van der Waals surface area contributed by atoms with Crippen LogP contribution in [0, 0.1) is 6.92 Å². The van der Waals surface area contributed by atoms with Gasteiger partial charge in [0.15, 0.2) is 6.61 Å². The zero-order chi connectivity index (χ0) is 12.3. The molecule has 1 rings (SSSR count). The van der Waals surface area contributed by atoms with Crippen LogP contribution in [0.3, 0.4) is 0 Å². The monoisotopic (exact) mass is 234 g/mol. The number of benzene rings is 1. The molecule has 0 fully saturated rings. The van der Waals surface area contributed by atoms with Crippen molar-refractivity contribution in [3.8, 4) is 5.75 Å². The maximum absolute atomic E-state index is 12.4. The average Bonchev–Trinajstić information content (AvgIpc) is 2.12. The molecule has 0 saturated carbocycles. The number of aryl methyl sites for hydroxylation is 1. The topological polar surface area (TPSA) is 46.5 Å². The first-order valence-electron chi connectivity index (χ1n) is 4.33. The average molecular weight is 234 g/mol. The first-order chi connectivity index (χ1) is 7.30. The predicted octanol–water partition coefficient (Wildman–Crippen LogP) is 2.48. The van der Waals surface area contributed by atoms with Crippen molar-refractivity contribution < 1.29 is 27.8 Å². The molecule has 0 saturated heterocycles. The molecule has 0 spiro atoms. The van der Waals surface area contributed by atoms with Crippen LogP contribution in [-0.4, -0.2) is 17.7 Å². The minimum Gasteiger partial charge on any atom is -0.482 e. The molecule has 1 aromatic carbocycles. The number of aliphatic carboxylic acids is 1. The lowest BCUT2D eigenvalue weighted by Crippen LogP contribution is -2.11. The molecule has 88 valence electrons. The van der Waals surface area contributed by atoms with Gasteiger partial charge in [0.05, 0.1) is 5.56 Å². The van der Waals surface area contributed by atoms with Crippen LogP contribution in [-0.2, 0) is 11.0 Å². The van der Waals surface area contributed by atoms with Gasteiger partial charge in [0.1, 0.15) is 5.75 Å². The third kappa shape index (κ3) is 3.15. The highest BCUT2D eigenvalue weighted by atomic mass is 19.4. The van der Waals surface area contributed by atoms with Crippen molar-refractivity contribution in [2.24, 2.45) is 0 Å². The first-order valence-corrected chi connectivity index (χ1v) is 4.33. The van der Waals surface area contributed by atoms with Crippen LogP contribution in [0.2, 0.25) is 0 Å². The molecular formula is C10H9F3O3. The predicted molar refractivity (Wildman–Crippen MR) is 49.3 cm³/mol. The normalized spacial score (nSPS) is 11.2. The molecule has 0 radical (unpaired) electrons. The van der Waals surface area contributed by atoms with Crippen molar-refractivity contribution in [2.75, 3.05) is 6.61 Å². The van der Waals surface area contributed by atoms with Crippen LogP contribution < -0.4 is 4.74 Å². The van der Waals surface area contributed by atoms with Gasteiger partial charge in [-0.25, -0.2) is 4.79 Å². The molecule has 6 heteroatoms. The lowest BCUT2D eigenvalue weighted by Gasteiger charge is -2.11. The van der Waals surface area contributed by atoms with Crippen molar-refractivity contribution in [1.29, 1.82) is 0 Å². The van der Waals surface area contributed by atoms with Gasteiger partial charge in [-0.1, -0.05) is 0 Å². The van der Waals surface area contributed by atoms with E-state index in [1.165, 1.54) is 6.92 Å². The van der Waals surface area contributed by atoms with Crippen LogP contribution in [0.4, 0.5) is 13.2 Å². The van der Waals surface area contributed by atoms with Gasteiger partial charge in [0.2, 0.25) is 0 Å². The van der Waals surface area contributed by atoms with Crippen molar-refractivity contribution in [1.82, 2.24) is 0 Å². The van der Waals surface area contributed by atoms with E-state index in [2.05, 4.69) is 0 Å². The second kappa shape index (κ2) is 4.42. The van der Waals surface area contributed by atoms with E-state index >= 15 is 0 Å². The van der Waals surface area contributed by atoms with Gasteiger partial charge in [-0.3, -0.25) is 0 Å². The number of carboxylic acid groups (broad SMARTS) is 1. The highest BCUT2D eigenvalue weighted by Crippen LogP contribution is 2.33. The van der Waals surface area contributed by atoms with Crippen LogP contribution >= 0.6 is 0 Å². The minimum absolute atomic E-state index is 0.00427. The maximum Gasteiger partial charge on any atom is 0.416 e. The lowest BCUT2D eigenvalue weighted by molar-refractivity contribution is -0.140. The molecule has 1 aromatic rings. The van der Waals surface area contributed by atoms with Crippen molar-refractivity contribution in [2.45, 2.75) is 13.1 Å².